The minimum atomic E-state index is -0.471. The minimum absolute atomic E-state index is 0.0846. The summed E-state index contributed by atoms with van der Waals surface area (Å²) >= 11 is 0. The molecule has 0 aliphatic carbocycles. The van der Waals surface area contributed by atoms with Crippen LogP contribution in [0.2, 0.25) is 0 Å². The van der Waals surface area contributed by atoms with Crippen molar-refractivity contribution in [2.75, 3.05) is 26.3 Å². The number of nitrogens with one attached hydrogen (secondary N) is 1. The fourth-order valence-corrected chi connectivity index (χ4v) is 1.75. The van der Waals surface area contributed by atoms with Gasteiger partial charge in [-0.15, -0.1) is 0 Å². The number of ether oxygens (including phenoxy) is 1. The first-order chi connectivity index (χ1) is 7.40. The molecule has 0 aromatic carbocycles. The van der Waals surface area contributed by atoms with Crippen molar-refractivity contribution in [3.8, 4) is 0 Å². The number of likely N-dealkylation sites (tertiary alicyclic amines) is 1. The second kappa shape index (κ2) is 5.48. The molecule has 94 valence electrons. The summed E-state index contributed by atoms with van der Waals surface area (Å²) in [6.45, 7) is 7.16. The lowest BCUT2D eigenvalue weighted by Gasteiger charge is -2.21. The Labute approximate surface area is 96.1 Å². The van der Waals surface area contributed by atoms with Gasteiger partial charge < -0.3 is 10.1 Å². The van der Waals surface area contributed by atoms with Crippen molar-refractivity contribution in [2.45, 2.75) is 38.8 Å². The van der Waals surface area contributed by atoms with Gasteiger partial charge >= 0.3 is 6.09 Å². The Bertz CT molecular complexity index is 241. The third-order valence-corrected chi connectivity index (χ3v) is 2.39. The average molecular weight is 232 g/mol. The molecular weight excluding hydrogens is 211 g/mol. The standard InChI is InChI=1S/C11H21FN2O2/c1-11(2,3)16-10(15)13-9-4-6-14(8-9)7-5-12/h9H,4-8H2,1-3H3,(H,13,15)/t9-/m0/s1. The lowest BCUT2D eigenvalue weighted by Crippen LogP contribution is -2.40. The zero-order chi connectivity index (χ0) is 12.2. The molecule has 1 aliphatic heterocycles. The Morgan fingerprint density at radius 2 is 2.25 bits per heavy atom. The number of amides is 1. The van der Waals surface area contributed by atoms with Crippen molar-refractivity contribution in [3.63, 3.8) is 0 Å². The van der Waals surface area contributed by atoms with E-state index in [0.717, 1.165) is 13.0 Å². The van der Waals surface area contributed by atoms with Crippen LogP contribution >= 0.6 is 0 Å². The molecule has 1 rings (SSSR count). The highest BCUT2D eigenvalue weighted by molar-refractivity contribution is 5.68. The minimum Gasteiger partial charge on any atom is -0.444 e. The number of alkyl carbamates (subject to hydrolysis) is 1. The van der Waals surface area contributed by atoms with Crippen molar-refractivity contribution in [3.05, 3.63) is 0 Å². The Kier molecular flexibility index (Phi) is 4.53. The summed E-state index contributed by atoms with van der Waals surface area (Å²) in [5.41, 5.74) is -0.471. The Morgan fingerprint density at radius 3 is 2.81 bits per heavy atom. The van der Waals surface area contributed by atoms with Crippen LogP contribution in [0.3, 0.4) is 0 Å². The van der Waals surface area contributed by atoms with Gasteiger partial charge in [-0.05, 0) is 27.2 Å². The summed E-state index contributed by atoms with van der Waals surface area (Å²) in [7, 11) is 0. The molecule has 0 aromatic heterocycles. The first-order valence-electron chi connectivity index (χ1n) is 5.68. The van der Waals surface area contributed by atoms with Crippen molar-refractivity contribution in [1.82, 2.24) is 10.2 Å². The molecule has 0 radical (unpaired) electrons. The number of hydrogen-bond acceptors (Lipinski definition) is 3. The molecule has 1 heterocycles. The number of carbonyl (C=O) groups is 1. The number of hydrogen-bond donors (Lipinski definition) is 1. The molecule has 1 amide bonds. The van der Waals surface area contributed by atoms with Gasteiger partial charge in [-0.25, -0.2) is 9.18 Å². The molecule has 1 fully saturated rings. The zero-order valence-corrected chi connectivity index (χ0v) is 10.3. The summed E-state index contributed by atoms with van der Waals surface area (Å²) in [5.74, 6) is 0. The van der Waals surface area contributed by atoms with Crippen LogP contribution in [0.25, 0.3) is 0 Å². The quantitative estimate of drug-likeness (QED) is 0.802. The third kappa shape index (κ3) is 4.79. The van der Waals surface area contributed by atoms with E-state index in [-0.39, 0.29) is 18.8 Å². The van der Waals surface area contributed by atoms with Gasteiger partial charge in [-0.1, -0.05) is 0 Å². The number of rotatable bonds is 3. The predicted molar refractivity (Wildman–Crippen MR) is 60.2 cm³/mol. The van der Waals surface area contributed by atoms with Crippen molar-refractivity contribution >= 4 is 6.09 Å². The van der Waals surface area contributed by atoms with E-state index in [1.807, 2.05) is 25.7 Å². The predicted octanol–water partition coefficient (Wildman–Crippen LogP) is 1.55. The summed E-state index contributed by atoms with van der Waals surface area (Å²) in [6.07, 6.45) is 0.471. The normalized spacial score (nSPS) is 22.1. The van der Waals surface area contributed by atoms with Crippen LogP contribution in [-0.2, 0) is 4.74 Å². The average Bonchev–Trinajstić information content (AvgIpc) is 2.49. The highest BCUT2D eigenvalue weighted by Crippen LogP contribution is 2.11. The van der Waals surface area contributed by atoms with Crippen molar-refractivity contribution in [1.29, 1.82) is 0 Å². The van der Waals surface area contributed by atoms with Crippen LogP contribution in [0.1, 0.15) is 27.2 Å². The summed E-state index contributed by atoms with van der Waals surface area (Å²) < 4.78 is 17.3. The van der Waals surface area contributed by atoms with Crippen LogP contribution in [0.15, 0.2) is 0 Å². The molecule has 1 aliphatic rings. The van der Waals surface area contributed by atoms with E-state index in [1.54, 1.807) is 0 Å². The second-order valence-electron chi connectivity index (χ2n) is 5.12. The molecule has 4 nitrogen and oxygen atoms in total. The lowest BCUT2D eigenvalue weighted by atomic mass is 10.2. The summed E-state index contributed by atoms with van der Waals surface area (Å²) in [6, 6.07) is 0.0846. The molecule has 0 saturated carbocycles. The van der Waals surface area contributed by atoms with Gasteiger partial charge in [0.05, 0.1) is 0 Å². The van der Waals surface area contributed by atoms with E-state index in [0.29, 0.717) is 13.1 Å². The fourth-order valence-electron chi connectivity index (χ4n) is 1.75. The summed E-state index contributed by atoms with van der Waals surface area (Å²) in [5, 5.41) is 2.80. The monoisotopic (exact) mass is 232 g/mol. The van der Waals surface area contributed by atoms with E-state index in [9.17, 15) is 9.18 Å². The van der Waals surface area contributed by atoms with Gasteiger partial charge in [0.1, 0.15) is 12.3 Å². The Morgan fingerprint density at radius 1 is 1.56 bits per heavy atom. The number of halogens is 1. The smallest absolute Gasteiger partial charge is 0.407 e. The molecule has 0 unspecified atom stereocenters. The number of alkyl halides is 1. The van der Waals surface area contributed by atoms with Gasteiger partial charge in [0.15, 0.2) is 0 Å². The third-order valence-electron chi connectivity index (χ3n) is 2.39. The van der Waals surface area contributed by atoms with Crippen molar-refractivity contribution < 1.29 is 13.9 Å². The molecule has 5 heteroatoms. The van der Waals surface area contributed by atoms with Gasteiger partial charge in [-0.2, -0.15) is 0 Å². The molecule has 0 bridgehead atoms. The number of nitrogens with zero attached hydrogens (tertiary/aromatic N) is 1. The first kappa shape index (κ1) is 13.2. The molecule has 1 atom stereocenters. The molecule has 1 saturated heterocycles. The fraction of sp³-hybridized carbons (Fsp3) is 0.909. The maximum Gasteiger partial charge on any atom is 0.407 e. The maximum absolute atomic E-state index is 12.1. The van der Waals surface area contributed by atoms with Crippen LogP contribution < -0.4 is 5.32 Å². The lowest BCUT2D eigenvalue weighted by molar-refractivity contribution is 0.0506. The van der Waals surface area contributed by atoms with Crippen molar-refractivity contribution in [2.24, 2.45) is 0 Å². The van der Waals surface area contributed by atoms with E-state index < -0.39 is 5.60 Å². The SMILES string of the molecule is CC(C)(C)OC(=O)N[C@H]1CCN(CCF)C1. The van der Waals surface area contributed by atoms with Gasteiger partial charge in [0.2, 0.25) is 0 Å². The molecule has 0 aromatic rings. The van der Waals surface area contributed by atoms with Crippen LogP contribution in [0.4, 0.5) is 9.18 Å². The van der Waals surface area contributed by atoms with Crippen LogP contribution in [-0.4, -0.2) is 48.9 Å². The number of carbonyl (C=O) groups excluding carboxylic acids is 1. The van der Waals surface area contributed by atoms with Crippen LogP contribution in [0, 0.1) is 0 Å². The van der Waals surface area contributed by atoms with Gasteiger partial charge in [-0.3, -0.25) is 4.90 Å². The highest BCUT2D eigenvalue weighted by Gasteiger charge is 2.25. The van der Waals surface area contributed by atoms with Gasteiger partial charge in [0, 0.05) is 25.7 Å². The van der Waals surface area contributed by atoms with E-state index >= 15 is 0 Å². The Balaban J connectivity index is 2.26. The first-order valence-corrected chi connectivity index (χ1v) is 5.68. The zero-order valence-electron chi connectivity index (χ0n) is 10.3. The van der Waals surface area contributed by atoms with E-state index in [4.69, 9.17) is 4.74 Å². The molecule has 1 N–H and O–H groups in total. The highest BCUT2D eigenvalue weighted by atomic mass is 19.1. The van der Waals surface area contributed by atoms with Crippen LogP contribution in [0.5, 0.6) is 0 Å². The Hall–Kier alpha value is -0.840. The topological polar surface area (TPSA) is 41.6 Å². The maximum atomic E-state index is 12.1. The summed E-state index contributed by atoms with van der Waals surface area (Å²) in [4.78, 5) is 13.5. The van der Waals surface area contributed by atoms with E-state index in [2.05, 4.69) is 5.32 Å². The molecular formula is C11H21FN2O2. The molecule has 16 heavy (non-hydrogen) atoms. The molecule has 0 spiro atoms. The van der Waals surface area contributed by atoms with E-state index in [1.165, 1.54) is 0 Å². The second-order valence-corrected chi connectivity index (χ2v) is 5.12. The largest absolute Gasteiger partial charge is 0.444 e. The van der Waals surface area contributed by atoms with Gasteiger partial charge in [0.25, 0.3) is 0 Å².